The number of thiocarbonyl (C=S) groups is 1. The molecule has 1 amide bonds. The third-order valence-corrected chi connectivity index (χ3v) is 3.96. The van der Waals surface area contributed by atoms with Crippen LogP contribution in [0.15, 0.2) is 25.9 Å². The number of aromatic nitrogens is 2. The Kier molecular flexibility index (Phi) is 5.14. The van der Waals surface area contributed by atoms with E-state index in [-0.39, 0.29) is 17.2 Å². The van der Waals surface area contributed by atoms with E-state index in [9.17, 15) is 9.59 Å². The Morgan fingerprint density at radius 3 is 2.73 bits per heavy atom. The van der Waals surface area contributed by atoms with Gasteiger partial charge in [0, 0.05) is 8.95 Å². The highest BCUT2D eigenvalue weighted by molar-refractivity contribution is 9.11. The fraction of sp³-hybridized carbons (Fsp3) is 0.167. The zero-order valence-electron chi connectivity index (χ0n) is 11.3. The summed E-state index contributed by atoms with van der Waals surface area (Å²) in [7, 11) is 0. The summed E-state index contributed by atoms with van der Waals surface area (Å²) in [5, 5.41) is 0.337. The number of amides is 1. The van der Waals surface area contributed by atoms with E-state index in [1.165, 1.54) is 4.57 Å². The Morgan fingerprint density at radius 1 is 1.41 bits per heavy atom. The first-order valence-corrected chi connectivity index (χ1v) is 7.99. The zero-order valence-corrected chi connectivity index (χ0v) is 15.3. The molecular formula is C12H11Br2N5O2S. The molecule has 0 bridgehead atoms. The SMILES string of the molecule is Cc1nc2c(Br)cc(Br)cc2c(=O)n1CC(=O)NNC(N)=S. The average Bonchev–Trinajstić information content (AvgIpc) is 2.42. The number of aryl methyl sites for hydroxylation is 1. The van der Waals surface area contributed by atoms with Gasteiger partial charge in [-0.25, -0.2) is 4.98 Å². The third-order valence-electron chi connectivity index (χ3n) is 2.79. The highest BCUT2D eigenvalue weighted by atomic mass is 79.9. The number of rotatable bonds is 2. The molecule has 0 aliphatic carbocycles. The molecule has 0 saturated carbocycles. The Bertz CT molecular complexity index is 836. The number of fused-ring (bicyclic) bond motifs is 1. The van der Waals surface area contributed by atoms with Crippen molar-refractivity contribution in [2.24, 2.45) is 5.73 Å². The van der Waals surface area contributed by atoms with E-state index in [0.717, 1.165) is 4.47 Å². The number of nitrogens with zero attached hydrogens (tertiary/aromatic N) is 2. The van der Waals surface area contributed by atoms with E-state index in [1.807, 2.05) is 0 Å². The lowest BCUT2D eigenvalue weighted by molar-refractivity contribution is -0.122. The maximum absolute atomic E-state index is 12.6. The minimum atomic E-state index is -0.465. The summed E-state index contributed by atoms with van der Waals surface area (Å²) in [6.45, 7) is 1.46. The van der Waals surface area contributed by atoms with E-state index >= 15 is 0 Å². The standard InChI is InChI=1S/C12H11Br2N5O2S/c1-5-16-10-7(2-6(13)3-8(10)14)11(21)19(5)4-9(20)17-18-12(15)22/h2-3H,4H2,1H3,(H,17,20)(H3,15,18,22). The van der Waals surface area contributed by atoms with Gasteiger partial charge in [0.05, 0.1) is 10.9 Å². The summed E-state index contributed by atoms with van der Waals surface area (Å²) in [5.41, 5.74) is 10.1. The molecule has 0 radical (unpaired) electrons. The Hall–Kier alpha value is -1.52. The van der Waals surface area contributed by atoms with Crippen LogP contribution in [0.2, 0.25) is 0 Å². The molecule has 2 aromatic rings. The van der Waals surface area contributed by atoms with E-state index < -0.39 is 5.91 Å². The first-order valence-electron chi connectivity index (χ1n) is 6.00. The lowest BCUT2D eigenvalue weighted by Gasteiger charge is -2.12. The molecule has 1 aromatic heterocycles. The molecular weight excluding hydrogens is 438 g/mol. The van der Waals surface area contributed by atoms with Crippen LogP contribution in [0.25, 0.3) is 10.9 Å². The van der Waals surface area contributed by atoms with Crippen LogP contribution in [-0.4, -0.2) is 20.6 Å². The van der Waals surface area contributed by atoms with Crippen molar-refractivity contribution < 1.29 is 4.79 Å². The van der Waals surface area contributed by atoms with Crippen molar-refractivity contribution in [3.8, 4) is 0 Å². The maximum atomic E-state index is 12.6. The van der Waals surface area contributed by atoms with Gasteiger partial charge in [0.15, 0.2) is 5.11 Å². The molecule has 0 fully saturated rings. The number of benzene rings is 1. The molecule has 2 rings (SSSR count). The van der Waals surface area contributed by atoms with Crippen molar-refractivity contribution in [2.45, 2.75) is 13.5 Å². The zero-order chi connectivity index (χ0) is 16.4. The van der Waals surface area contributed by atoms with Gasteiger partial charge in [-0.15, -0.1) is 0 Å². The van der Waals surface area contributed by atoms with Gasteiger partial charge < -0.3 is 5.73 Å². The molecule has 10 heteroatoms. The number of nitrogens with two attached hydrogens (primary N) is 1. The quantitative estimate of drug-likeness (QED) is 0.469. The van der Waals surface area contributed by atoms with E-state index in [0.29, 0.717) is 21.2 Å². The van der Waals surface area contributed by atoms with Crippen molar-refractivity contribution in [3.63, 3.8) is 0 Å². The topological polar surface area (TPSA) is 102 Å². The minimum absolute atomic E-state index is 0.0677. The molecule has 1 aromatic carbocycles. The summed E-state index contributed by atoms with van der Waals surface area (Å²) in [5.74, 6) is -0.0424. The van der Waals surface area contributed by atoms with Crippen LogP contribution in [0.5, 0.6) is 0 Å². The Labute approximate surface area is 147 Å². The van der Waals surface area contributed by atoms with Crippen molar-refractivity contribution in [3.05, 3.63) is 37.3 Å². The van der Waals surface area contributed by atoms with Crippen LogP contribution in [-0.2, 0) is 11.3 Å². The number of nitrogens with one attached hydrogen (secondary N) is 2. The molecule has 0 aliphatic heterocycles. The van der Waals surface area contributed by atoms with E-state index in [4.69, 9.17) is 5.73 Å². The molecule has 0 aliphatic rings. The summed E-state index contributed by atoms with van der Waals surface area (Å²) >= 11 is 11.3. The van der Waals surface area contributed by atoms with Crippen LogP contribution in [0.4, 0.5) is 0 Å². The average molecular weight is 449 g/mol. The second kappa shape index (κ2) is 6.71. The largest absolute Gasteiger partial charge is 0.375 e. The molecule has 0 spiro atoms. The lowest BCUT2D eigenvalue weighted by atomic mass is 10.2. The normalized spacial score (nSPS) is 10.5. The fourth-order valence-corrected chi connectivity index (χ4v) is 3.22. The van der Waals surface area contributed by atoms with Crippen LogP contribution in [0.3, 0.4) is 0 Å². The number of hydrogen-bond donors (Lipinski definition) is 3. The van der Waals surface area contributed by atoms with Gasteiger partial charge in [-0.05, 0) is 47.2 Å². The summed E-state index contributed by atoms with van der Waals surface area (Å²) in [4.78, 5) is 28.7. The van der Waals surface area contributed by atoms with Gasteiger partial charge in [-0.2, -0.15) is 0 Å². The first-order chi connectivity index (χ1) is 10.3. The van der Waals surface area contributed by atoms with Gasteiger partial charge in [-0.1, -0.05) is 15.9 Å². The van der Waals surface area contributed by atoms with Crippen molar-refractivity contribution in [1.29, 1.82) is 0 Å². The highest BCUT2D eigenvalue weighted by Gasteiger charge is 2.14. The molecule has 22 heavy (non-hydrogen) atoms. The van der Waals surface area contributed by atoms with Crippen molar-refractivity contribution in [2.75, 3.05) is 0 Å². The van der Waals surface area contributed by atoms with Crippen LogP contribution >= 0.6 is 44.1 Å². The molecule has 0 unspecified atom stereocenters. The highest BCUT2D eigenvalue weighted by Crippen LogP contribution is 2.25. The fourth-order valence-electron chi connectivity index (χ4n) is 1.86. The minimum Gasteiger partial charge on any atom is -0.375 e. The van der Waals surface area contributed by atoms with E-state index in [1.54, 1.807) is 19.1 Å². The lowest BCUT2D eigenvalue weighted by Crippen LogP contribution is -2.46. The smallest absolute Gasteiger partial charge is 0.261 e. The Morgan fingerprint density at radius 2 is 2.09 bits per heavy atom. The molecule has 7 nitrogen and oxygen atoms in total. The predicted molar refractivity (Wildman–Crippen MR) is 94.2 cm³/mol. The number of carbonyl (C=O) groups excluding carboxylic acids is 1. The number of hydrazine groups is 1. The van der Waals surface area contributed by atoms with Crippen LogP contribution in [0.1, 0.15) is 5.82 Å². The molecule has 0 saturated heterocycles. The molecule has 0 atom stereocenters. The molecule has 4 N–H and O–H groups in total. The predicted octanol–water partition coefficient (Wildman–Crippen LogP) is 1.09. The molecule has 1 heterocycles. The first kappa shape index (κ1) is 16.8. The van der Waals surface area contributed by atoms with Crippen LogP contribution < -0.4 is 22.1 Å². The second-order valence-electron chi connectivity index (χ2n) is 4.37. The third kappa shape index (κ3) is 3.62. The van der Waals surface area contributed by atoms with Gasteiger partial charge in [-0.3, -0.25) is 25.0 Å². The number of hydrogen-bond acceptors (Lipinski definition) is 4. The molecule has 116 valence electrons. The summed E-state index contributed by atoms with van der Waals surface area (Å²) in [6, 6.07) is 3.47. The number of halogens is 2. The second-order valence-corrected chi connectivity index (χ2v) is 6.58. The summed E-state index contributed by atoms with van der Waals surface area (Å²) < 4.78 is 2.71. The van der Waals surface area contributed by atoms with Crippen LogP contribution in [0, 0.1) is 6.92 Å². The van der Waals surface area contributed by atoms with Gasteiger partial charge in [0.2, 0.25) is 0 Å². The monoisotopic (exact) mass is 447 g/mol. The number of carbonyl (C=O) groups is 1. The van der Waals surface area contributed by atoms with Gasteiger partial charge in [0.25, 0.3) is 11.5 Å². The Balaban J connectivity index is 2.45. The summed E-state index contributed by atoms with van der Waals surface area (Å²) in [6.07, 6.45) is 0. The van der Waals surface area contributed by atoms with Crippen molar-refractivity contribution in [1.82, 2.24) is 20.4 Å². The van der Waals surface area contributed by atoms with E-state index in [2.05, 4.69) is 59.9 Å². The van der Waals surface area contributed by atoms with Crippen molar-refractivity contribution >= 4 is 66.0 Å². The van der Waals surface area contributed by atoms with Gasteiger partial charge in [0.1, 0.15) is 12.4 Å². The maximum Gasteiger partial charge on any atom is 0.261 e. The van der Waals surface area contributed by atoms with Gasteiger partial charge >= 0.3 is 0 Å².